The number of nitrogens with two attached hydrogens (primary N) is 1. The van der Waals surface area contributed by atoms with Crippen LogP contribution in [0.3, 0.4) is 0 Å². The van der Waals surface area contributed by atoms with E-state index in [0.29, 0.717) is 17.7 Å². The normalized spacial score (nSPS) is 10.8. The maximum atomic E-state index is 13.0. The lowest BCUT2D eigenvalue weighted by Crippen LogP contribution is -2.19. The van der Waals surface area contributed by atoms with Crippen LogP contribution in [0.4, 0.5) is 10.1 Å². The Morgan fingerprint density at radius 1 is 1.17 bits per heavy atom. The summed E-state index contributed by atoms with van der Waals surface area (Å²) in [6.45, 7) is 0.307. The van der Waals surface area contributed by atoms with Crippen molar-refractivity contribution in [2.75, 3.05) is 5.73 Å². The minimum absolute atomic E-state index is 0.243. The van der Waals surface area contributed by atoms with Gasteiger partial charge in [-0.25, -0.2) is 9.18 Å². The summed E-state index contributed by atoms with van der Waals surface area (Å²) in [5.74, 6) is -1.65. The molecule has 6 heteroatoms. The number of carboxylic acid groups (broad SMARTS) is 1. The van der Waals surface area contributed by atoms with E-state index >= 15 is 0 Å². The molecule has 5 nitrogen and oxygen atoms in total. The van der Waals surface area contributed by atoms with Crippen molar-refractivity contribution < 1.29 is 14.3 Å². The number of anilines is 1. The molecule has 0 saturated carbocycles. The Balaban J connectivity index is 2.22. The third-order valence-corrected chi connectivity index (χ3v) is 3.60. The van der Waals surface area contributed by atoms with Crippen LogP contribution in [0, 0.1) is 5.82 Å². The van der Waals surface area contributed by atoms with Gasteiger partial charge in [-0.15, -0.1) is 0 Å². The molecule has 0 fully saturated rings. The van der Waals surface area contributed by atoms with Gasteiger partial charge in [-0.1, -0.05) is 12.1 Å². The molecule has 0 unspecified atom stereocenters. The van der Waals surface area contributed by atoms with Crippen molar-refractivity contribution in [3.8, 4) is 0 Å². The number of carbonyl (C=O) groups is 1. The van der Waals surface area contributed by atoms with Crippen molar-refractivity contribution in [2.24, 2.45) is 0 Å². The highest BCUT2D eigenvalue weighted by molar-refractivity contribution is 5.93. The fourth-order valence-corrected chi connectivity index (χ4v) is 2.48. The van der Waals surface area contributed by atoms with Crippen molar-refractivity contribution in [2.45, 2.75) is 6.54 Å². The Morgan fingerprint density at radius 3 is 2.52 bits per heavy atom. The molecule has 0 saturated heterocycles. The fourth-order valence-electron chi connectivity index (χ4n) is 2.48. The third-order valence-electron chi connectivity index (χ3n) is 3.60. The highest BCUT2D eigenvalue weighted by atomic mass is 19.1. The summed E-state index contributed by atoms with van der Waals surface area (Å²) in [4.78, 5) is 23.6. The molecule has 0 spiro atoms. The van der Waals surface area contributed by atoms with Gasteiger partial charge in [0.1, 0.15) is 11.4 Å². The van der Waals surface area contributed by atoms with E-state index in [9.17, 15) is 19.1 Å². The number of pyridine rings is 1. The summed E-state index contributed by atoms with van der Waals surface area (Å²) in [6, 6.07) is 10.6. The second kappa shape index (κ2) is 5.57. The summed E-state index contributed by atoms with van der Waals surface area (Å²) < 4.78 is 14.7. The quantitative estimate of drug-likeness (QED) is 0.728. The van der Waals surface area contributed by atoms with Gasteiger partial charge in [0, 0.05) is 23.8 Å². The molecule has 0 radical (unpaired) electrons. The number of benzene rings is 2. The maximum Gasteiger partial charge on any atom is 0.341 e. The molecule has 1 aromatic heterocycles. The minimum Gasteiger partial charge on any atom is -0.477 e. The van der Waals surface area contributed by atoms with Crippen LogP contribution in [0.5, 0.6) is 0 Å². The van der Waals surface area contributed by atoms with Crippen molar-refractivity contribution >= 4 is 22.6 Å². The van der Waals surface area contributed by atoms with Gasteiger partial charge in [0.25, 0.3) is 0 Å². The van der Waals surface area contributed by atoms with Crippen LogP contribution >= 0.6 is 0 Å². The van der Waals surface area contributed by atoms with Crippen LogP contribution in [0.2, 0.25) is 0 Å². The summed E-state index contributed by atoms with van der Waals surface area (Å²) in [5.41, 5.74) is 6.53. The average Bonchev–Trinajstić information content (AvgIpc) is 2.52. The van der Waals surface area contributed by atoms with Gasteiger partial charge in [0.05, 0.1) is 5.52 Å². The van der Waals surface area contributed by atoms with Gasteiger partial charge in [0.15, 0.2) is 0 Å². The Kier molecular flexibility index (Phi) is 3.57. The molecule has 2 aromatic carbocycles. The molecule has 3 N–H and O–H groups in total. The number of nitrogen functional groups attached to an aromatic ring is 1. The Hall–Kier alpha value is -3.15. The average molecular weight is 312 g/mol. The van der Waals surface area contributed by atoms with E-state index in [1.165, 1.54) is 24.4 Å². The molecule has 116 valence electrons. The first kappa shape index (κ1) is 14.8. The molecule has 0 aliphatic carbocycles. The number of nitrogens with zero attached hydrogens (tertiary/aromatic N) is 1. The number of aromatic nitrogens is 1. The molecule has 3 rings (SSSR count). The number of rotatable bonds is 3. The van der Waals surface area contributed by atoms with E-state index < -0.39 is 11.4 Å². The number of aromatic carboxylic acids is 1. The highest BCUT2D eigenvalue weighted by Gasteiger charge is 2.14. The third kappa shape index (κ3) is 2.78. The molecule has 3 aromatic rings. The summed E-state index contributed by atoms with van der Waals surface area (Å²) in [5, 5.41) is 9.47. The fraction of sp³-hybridized carbons (Fsp3) is 0.0588. The lowest BCUT2D eigenvalue weighted by Gasteiger charge is -2.13. The highest BCUT2D eigenvalue weighted by Crippen LogP contribution is 2.17. The number of carboxylic acids is 1. The Labute approximate surface area is 130 Å². The first-order valence-corrected chi connectivity index (χ1v) is 6.86. The first-order valence-electron chi connectivity index (χ1n) is 6.86. The molecule has 0 aliphatic rings. The smallest absolute Gasteiger partial charge is 0.341 e. The second-order valence-electron chi connectivity index (χ2n) is 5.21. The number of hydrogen-bond acceptors (Lipinski definition) is 3. The van der Waals surface area contributed by atoms with Crippen LogP contribution in [0.15, 0.2) is 53.5 Å². The number of fused-ring (bicyclic) bond motifs is 1. The monoisotopic (exact) mass is 312 g/mol. The van der Waals surface area contributed by atoms with Gasteiger partial charge in [-0.3, -0.25) is 4.79 Å². The molecule has 1 heterocycles. The van der Waals surface area contributed by atoms with Gasteiger partial charge in [0.2, 0.25) is 5.43 Å². The van der Waals surface area contributed by atoms with Gasteiger partial charge in [-0.2, -0.15) is 0 Å². The van der Waals surface area contributed by atoms with E-state index in [2.05, 4.69) is 0 Å². The first-order chi connectivity index (χ1) is 11.0. The number of halogens is 1. The molecular formula is C17H13FN2O3. The Bertz CT molecular complexity index is 962. The van der Waals surface area contributed by atoms with Crippen molar-refractivity contribution in [1.29, 1.82) is 0 Å². The molecule has 0 bridgehead atoms. The SMILES string of the molecule is Nc1ccc2c(c1)c(=O)c(C(=O)O)cn2Cc1ccc(F)cc1. The van der Waals surface area contributed by atoms with Crippen LogP contribution in [-0.4, -0.2) is 15.6 Å². The van der Waals surface area contributed by atoms with Crippen LogP contribution in [0.1, 0.15) is 15.9 Å². The summed E-state index contributed by atoms with van der Waals surface area (Å²) in [6.07, 6.45) is 1.30. The van der Waals surface area contributed by atoms with Crippen molar-refractivity contribution in [3.63, 3.8) is 0 Å². The predicted octanol–water partition coefficient (Wildman–Crippen LogP) is 2.47. The van der Waals surface area contributed by atoms with E-state index in [1.54, 1.807) is 28.8 Å². The zero-order chi connectivity index (χ0) is 16.6. The Morgan fingerprint density at radius 2 is 1.87 bits per heavy atom. The van der Waals surface area contributed by atoms with Crippen LogP contribution < -0.4 is 11.2 Å². The topological polar surface area (TPSA) is 85.3 Å². The van der Waals surface area contributed by atoms with Crippen LogP contribution in [0.25, 0.3) is 10.9 Å². The van der Waals surface area contributed by atoms with E-state index in [-0.39, 0.29) is 16.8 Å². The largest absolute Gasteiger partial charge is 0.477 e. The second-order valence-corrected chi connectivity index (χ2v) is 5.21. The van der Waals surface area contributed by atoms with E-state index in [1.807, 2.05) is 0 Å². The molecule has 0 amide bonds. The van der Waals surface area contributed by atoms with E-state index in [4.69, 9.17) is 5.73 Å². The number of hydrogen-bond donors (Lipinski definition) is 2. The summed E-state index contributed by atoms with van der Waals surface area (Å²) >= 11 is 0. The van der Waals surface area contributed by atoms with Gasteiger partial charge < -0.3 is 15.4 Å². The molecule has 0 atom stereocenters. The lowest BCUT2D eigenvalue weighted by molar-refractivity contribution is 0.0695. The zero-order valence-electron chi connectivity index (χ0n) is 12.0. The van der Waals surface area contributed by atoms with Gasteiger partial charge >= 0.3 is 5.97 Å². The van der Waals surface area contributed by atoms with Crippen molar-refractivity contribution in [1.82, 2.24) is 4.57 Å². The van der Waals surface area contributed by atoms with Crippen LogP contribution in [-0.2, 0) is 6.54 Å². The van der Waals surface area contributed by atoms with Crippen molar-refractivity contribution in [3.05, 3.63) is 75.8 Å². The zero-order valence-corrected chi connectivity index (χ0v) is 12.0. The molecule has 0 aliphatic heterocycles. The maximum absolute atomic E-state index is 13.0. The molecular weight excluding hydrogens is 299 g/mol. The standard InChI is InChI=1S/C17H13FN2O3/c18-11-3-1-10(2-4-11)8-20-9-14(17(22)23)16(21)13-7-12(19)5-6-15(13)20/h1-7,9H,8,19H2,(H,22,23). The lowest BCUT2D eigenvalue weighted by atomic mass is 10.1. The van der Waals surface area contributed by atoms with E-state index in [0.717, 1.165) is 5.56 Å². The van der Waals surface area contributed by atoms with Gasteiger partial charge in [-0.05, 0) is 35.9 Å². The minimum atomic E-state index is -1.30. The predicted molar refractivity (Wildman–Crippen MR) is 85.1 cm³/mol. The molecule has 23 heavy (non-hydrogen) atoms. The summed E-state index contributed by atoms with van der Waals surface area (Å²) in [7, 11) is 0.